The van der Waals surface area contributed by atoms with Crippen molar-refractivity contribution >= 4 is 11.9 Å². The summed E-state index contributed by atoms with van der Waals surface area (Å²) in [5.41, 5.74) is 0. The largest absolute Gasteiger partial charge is 0.466 e. The Bertz CT molecular complexity index is 1080. The lowest BCUT2D eigenvalue weighted by atomic mass is 10.1. The topological polar surface area (TPSA) is 113 Å². The molecule has 0 atom stereocenters. The Balaban J connectivity index is 4.20. The van der Waals surface area contributed by atoms with Crippen LogP contribution in [0.25, 0.3) is 0 Å². The molecule has 0 heterocycles. The summed E-state index contributed by atoms with van der Waals surface area (Å²) < 4.78 is 35.3. The number of allylic oxidation sites excluding steroid dienone is 8. The molecule has 0 amide bonds. The maximum Gasteiger partial charge on any atom is 0.305 e. The van der Waals surface area contributed by atoms with Gasteiger partial charge in [0.2, 0.25) is 0 Å². The molecule has 1 N–H and O–H groups in total. The van der Waals surface area contributed by atoms with Crippen molar-refractivity contribution in [2.24, 2.45) is 0 Å². The predicted octanol–water partition coefficient (Wildman–Crippen LogP) is 13.7. The van der Waals surface area contributed by atoms with Gasteiger partial charge in [-0.1, -0.05) is 108 Å². The molecule has 0 aliphatic rings. The first-order chi connectivity index (χ1) is 32.0. The van der Waals surface area contributed by atoms with Crippen LogP contribution >= 0.6 is 0 Å². The standard InChI is InChI=1S/C55H101NO9/c1-5-9-13-17-24-34-48-62-54(63-49-35-25-18-14-10-6-2)40-38-52(58)60-46-32-28-21-22-30-42-56(44-45-57)43-31-23-29-33-47-61-53(59)39-41-55(64-50-36-26-19-15-11-7-3)65-51-37-27-20-16-12-8-4/h9-16,54-55,57H,5-8,17-51H2,1-4H3/b13-9-,14-10-,15-11-,16-12-. The molecule has 380 valence electrons. The quantitative estimate of drug-likeness (QED) is 0.0274. The summed E-state index contributed by atoms with van der Waals surface area (Å²) in [6.07, 6.45) is 44.7. The third-order valence-electron chi connectivity index (χ3n) is 11.0. The Hall–Kier alpha value is -2.34. The average molecular weight is 920 g/mol. The van der Waals surface area contributed by atoms with Crippen LogP contribution in [-0.2, 0) is 38.0 Å². The lowest BCUT2D eigenvalue weighted by Crippen LogP contribution is -2.29. The summed E-state index contributed by atoms with van der Waals surface area (Å²) in [7, 11) is 0. The molecule has 0 rings (SSSR count). The van der Waals surface area contributed by atoms with E-state index in [1.165, 1.54) is 0 Å². The smallest absolute Gasteiger partial charge is 0.305 e. The van der Waals surface area contributed by atoms with Gasteiger partial charge in [0, 0.05) is 45.8 Å². The summed E-state index contributed by atoms with van der Waals surface area (Å²) in [6, 6.07) is 0. The number of aliphatic hydroxyl groups is 1. The maximum absolute atomic E-state index is 12.5. The van der Waals surface area contributed by atoms with Crippen LogP contribution in [0.5, 0.6) is 0 Å². The van der Waals surface area contributed by atoms with Crippen LogP contribution in [-0.4, -0.2) is 100 Å². The minimum atomic E-state index is -0.370. The van der Waals surface area contributed by atoms with Crippen LogP contribution in [0.15, 0.2) is 48.6 Å². The molecule has 0 unspecified atom stereocenters. The summed E-state index contributed by atoms with van der Waals surface area (Å²) in [4.78, 5) is 27.4. The minimum absolute atomic E-state index is 0.165. The first-order valence-corrected chi connectivity index (χ1v) is 26.7. The summed E-state index contributed by atoms with van der Waals surface area (Å²) in [5.74, 6) is -0.362. The highest BCUT2D eigenvalue weighted by Gasteiger charge is 2.15. The zero-order chi connectivity index (χ0) is 47.4. The molecule has 0 saturated carbocycles. The molecule has 0 spiro atoms. The van der Waals surface area contributed by atoms with Crippen LogP contribution in [0.4, 0.5) is 0 Å². The second-order valence-electron chi connectivity index (χ2n) is 17.1. The molecular weight excluding hydrogens is 819 g/mol. The van der Waals surface area contributed by atoms with E-state index < -0.39 is 0 Å². The van der Waals surface area contributed by atoms with Gasteiger partial charge in [0.05, 0.1) is 32.7 Å². The van der Waals surface area contributed by atoms with E-state index in [0.717, 1.165) is 174 Å². The van der Waals surface area contributed by atoms with Crippen molar-refractivity contribution in [1.29, 1.82) is 0 Å². The van der Waals surface area contributed by atoms with Crippen LogP contribution < -0.4 is 0 Å². The molecule has 0 aromatic rings. The van der Waals surface area contributed by atoms with Crippen molar-refractivity contribution in [2.75, 3.05) is 65.9 Å². The maximum atomic E-state index is 12.5. The summed E-state index contributed by atoms with van der Waals surface area (Å²) in [5, 5.41) is 9.63. The van der Waals surface area contributed by atoms with Gasteiger partial charge >= 0.3 is 11.9 Å². The molecular formula is C55H101NO9. The van der Waals surface area contributed by atoms with Gasteiger partial charge in [-0.15, -0.1) is 0 Å². The first kappa shape index (κ1) is 62.7. The van der Waals surface area contributed by atoms with E-state index in [1.54, 1.807) is 0 Å². The summed E-state index contributed by atoms with van der Waals surface area (Å²) >= 11 is 0. The van der Waals surface area contributed by atoms with Crippen LogP contribution in [0, 0.1) is 0 Å². The number of esters is 2. The highest BCUT2D eigenvalue weighted by molar-refractivity contribution is 5.69. The molecule has 65 heavy (non-hydrogen) atoms. The van der Waals surface area contributed by atoms with Crippen molar-refractivity contribution in [3.8, 4) is 0 Å². The Morgan fingerprint density at radius 1 is 0.400 bits per heavy atom. The molecule has 0 aromatic carbocycles. The van der Waals surface area contributed by atoms with E-state index in [-0.39, 0.29) is 31.1 Å². The molecule has 0 radical (unpaired) electrons. The SMILES string of the molecule is CC/C=C\CCCCOC(CCC(=O)OCCCCCCCN(CCO)CCCCCCOC(=O)CCC(OCCCC/C=C\CC)OCCCC/C=C\CC)OCCCC/C=C\CC. The number of rotatable bonds is 51. The molecule has 10 heteroatoms. The minimum Gasteiger partial charge on any atom is -0.466 e. The number of carbonyl (C=O) groups is 2. The molecule has 0 aliphatic carbocycles. The van der Waals surface area contributed by atoms with Gasteiger partial charge in [-0.05, 0) is 142 Å². The second kappa shape index (κ2) is 52.6. The number of hydrogen-bond acceptors (Lipinski definition) is 10. The van der Waals surface area contributed by atoms with Crippen LogP contribution in [0.3, 0.4) is 0 Å². The van der Waals surface area contributed by atoms with Gasteiger partial charge in [-0.25, -0.2) is 0 Å². The Labute approximate surface area is 399 Å². The van der Waals surface area contributed by atoms with Gasteiger partial charge in [0.1, 0.15) is 0 Å². The monoisotopic (exact) mass is 920 g/mol. The normalized spacial score (nSPS) is 12.2. The predicted molar refractivity (Wildman–Crippen MR) is 270 cm³/mol. The number of unbranched alkanes of at least 4 members (excludes halogenated alkanes) is 15. The van der Waals surface area contributed by atoms with Gasteiger partial charge in [0.25, 0.3) is 0 Å². The van der Waals surface area contributed by atoms with Gasteiger partial charge in [-0.3, -0.25) is 9.59 Å². The molecule has 0 fully saturated rings. The number of nitrogens with zero attached hydrogens (tertiary/aromatic N) is 1. The lowest BCUT2D eigenvalue weighted by molar-refractivity contribution is -0.159. The van der Waals surface area contributed by atoms with Crippen molar-refractivity contribution in [3.63, 3.8) is 0 Å². The lowest BCUT2D eigenvalue weighted by Gasteiger charge is -2.21. The first-order valence-electron chi connectivity index (χ1n) is 26.7. The number of hydrogen-bond donors (Lipinski definition) is 1. The zero-order valence-corrected chi connectivity index (χ0v) is 42.5. The molecule has 0 bridgehead atoms. The van der Waals surface area contributed by atoms with Gasteiger partial charge < -0.3 is 38.4 Å². The van der Waals surface area contributed by atoms with Crippen molar-refractivity contribution in [3.05, 3.63) is 48.6 Å². The molecule has 0 aromatic heterocycles. The molecule has 0 aliphatic heterocycles. The van der Waals surface area contributed by atoms with Crippen LogP contribution in [0.2, 0.25) is 0 Å². The zero-order valence-electron chi connectivity index (χ0n) is 42.5. The van der Waals surface area contributed by atoms with E-state index in [9.17, 15) is 14.7 Å². The fourth-order valence-electron chi connectivity index (χ4n) is 7.11. The van der Waals surface area contributed by atoms with E-state index in [0.29, 0.717) is 71.9 Å². The summed E-state index contributed by atoms with van der Waals surface area (Å²) in [6.45, 7) is 14.9. The Kier molecular flexibility index (Phi) is 50.7. The van der Waals surface area contributed by atoms with E-state index >= 15 is 0 Å². The molecule has 10 nitrogen and oxygen atoms in total. The highest BCUT2D eigenvalue weighted by Crippen LogP contribution is 2.13. The fourth-order valence-corrected chi connectivity index (χ4v) is 7.11. The van der Waals surface area contributed by atoms with E-state index in [1.807, 2.05) is 0 Å². The van der Waals surface area contributed by atoms with Crippen LogP contribution in [0.1, 0.15) is 214 Å². The second-order valence-corrected chi connectivity index (χ2v) is 17.1. The average Bonchev–Trinajstić information content (AvgIpc) is 3.31. The Morgan fingerprint density at radius 2 is 0.708 bits per heavy atom. The fraction of sp³-hybridized carbons (Fsp3) is 0.818. The molecule has 0 saturated heterocycles. The number of aliphatic hydroxyl groups excluding tert-OH is 1. The Morgan fingerprint density at radius 3 is 1.03 bits per heavy atom. The van der Waals surface area contributed by atoms with Gasteiger partial charge in [-0.2, -0.15) is 0 Å². The number of carbonyl (C=O) groups excluding carboxylic acids is 2. The van der Waals surface area contributed by atoms with Gasteiger partial charge in [0.15, 0.2) is 12.6 Å². The van der Waals surface area contributed by atoms with E-state index in [4.69, 9.17) is 28.4 Å². The highest BCUT2D eigenvalue weighted by atomic mass is 16.7. The third kappa shape index (κ3) is 47.9. The van der Waals surface area contributed by atoms with Crippen molar-refractivity contribution in [2.45, 2.75) is 226 Å². The van der Waals surface area contributed by atoms with Crippen molar-refractivity contribution in [1.82, 2.24) is 4.90 Å². The number of ether oxygens (including phenoxy) is 6. The van der Waals surface area contributed by atoms with Crippen molar-refractivity contribution < 1.29 is 43.1 Å². The third-order valence-corrected chi connectivity index (χ3v) is 11.0. The van der Waals surface area contributed by atoms with E-state index in [2.05, 4.69) is 81.2 Å².